The molecule has 1 aromatic rings. The highest BCUT2D eigenvalue weighted by Crippen LogP contribution is 2.44. The number of esters is 3. The zero-order valence-corrected chi connectivity index (χ0v) is 46.4. The molecule has 1 fully saturated rings. The molecule has 0 spiro atoms. The normalized spacial score (nSPS) is 18.3. The van der Waals surface area contributed by atoms with E-state index in [0.29, 0.717) is 18.9 Å². The third-order valence-electron chi connectivity index (χ3n) is 12.5. The fourth-order valence-electron chi connectivity index (χ4n) is 8.60. The van der Waals surface area contributed by atoms with Gasteiger partial charge in [-0.3, -0.25) is 28.2 Å². The molecule has 1 N–H and O–H groups in total. The number of aromatic nitrogens is 3. The maximum Gasteiger partial charge on any atom is 0.405 e. The fraction of sp³-hybridized carbons (Fsp3) is 0.818. The van der Waals surface area contributed by atoms with Crippen molar-refractivity contribution in [3.05, 3.63) is 36.2 Å². The summed E-state index contributed by atoms with van der Waals surface area (Å²) >= 11 is 0. The number of carbonyl (C=O) groups excluding carboxylic acids is 4. The Kier molecular flexibility index (Phi) is 37.8. The molecule has 2 rings (SSSR count). The maximum atomic E-state index is 14.1. The van der Waals surface area contributed by atoms with Crippen LogP contribution in [0.5, 0.6) is 0 Å². The Bertz CT molecular complexity index is 1640. The standard InChI is InChI=1S/C55H97N4O12P/c1-7-9-11-13-15-17-19-21-23-25-27-29-31-33-35-37-40-66-72(64,67-41-38-36-34-32-30-28-26-24-22-20-18-16-14-12-10-8-2)56-44-50-45-59(58-57-50)39-42-65-55-54(70-49(6)63)53(69-48(5)62)52(68-47(4)61)51(71-55)43-46(3)60/h21-24,45,51-55H,7-20,25-44H2,1-6H3,(H,56,64)/b23-21+,24-22+/t51-,52+,53-,54-,55-/m1/s1. The number of unbranched alkanes of at least 4 members (excludes halogenated alkanes) is 24. The van der Waals surface area contributed by atoms with Crippen molar-refractivity contribution in [3.8, 4) is 0 Å². The second-order valence-corrected chi connectivity index (χ2v) is 21.2. The Hall–Kier alpha value is -3.27. The number of nitrogens with zero attached hydrogens (tertiary/aromatic N) is 3. The molecule has 0 aromatic carbocycles. The van der Waals surface area contributed by atoms with E-state index in [4.69, 9.17) is 32.7 Å². The van der Waals surface area contributed by atoms with Gasteiger partial charge in [0.15, 0.2) is 24.6 Å². The van der Waals surface area contributed by atoms with E-state index in [9.17, 15) is 23.7 Å². The van der Waals surface area contributed by atoms with Crippen LogP contribution in [0.4, 0.5) is 0 Å². The van der Waals surface area contributed by atoms with Gasteiger partial charge in [0.25, 0.3) is 0 Å². The first-order valence-corrected chi connectivity index (χ1v) is 29.5. The van der Waals surface area contributed by atoms with E-state index in [0.717, 1.165) is 58.3 Å². The average Bonchev–Trinajstić information content (AvgIpc) is 3.79. The Balaban J connectivity index is 1.89. The summed E-state index contributed by atoms with van der Waals surface area (Å²) < 4.78 is 56.0. The van der Waals surface area contributed by atoms with Gasteiger partial charge in [-0.25, -0.2) is 14.3 Å². The molecule has 0 unspecified atom stereocenters. The van der Waals surface area contributed by atoms with E-state index in [-0.39, 0.29) is 31.9 Å². The lowest BCUT2D eigenvalue weighted by Gasteiger charge is -2.44. The third kappa shape index (κ3) is 32.8. The summed E-state index contributed by atoms with van der Waals surface area (Å²) in [4.78, 5) is 48.6. The van der Waals surface area contributed by atoms with Crippen LogP contribution in [0.1, 0.15) is 233 Å². The van der Waals surface area contributed by atoms with Crippen molar-refractivity contribution in [2.75, 3.05) is 19.8 Å². The summed E-state index contributed by atoms with van der Waals surface area (Å²) in [6.45, 7) is 10.2. The molecule has 1 aromatic heterocycles. The van der Waals surface area contributed by atoms with Gasteiger partial charge in [0.05, 0.1) is 38.6 Å². The van der Waals surface area contributed by atoms with Crippen molar-refractivity contribution in [3.63, 3.8) is 0 Å². The van der Waals surface area contributed by atoms with Gasteiger partial charge in [-0.1, -0.05) is 159 Å². The quantitative estimate of drug-likeness (QED) is 0.0213. The van der Waals surface area contributed by atoms with Gasteiger partial charge in [-0.15, -0.1) is 5.10 Å². The summed E-state index contributed by atoms with van der Waals surface area (Å²) in [6, 6.07) is 0. The first-order chi connectivity index (χ1) is 34.9. The molecule has 1 aliphatic heterocycles. The molecule has 2 heterocycles. The number of allylic oxidation sites excluding steroid dienone is 4. The molecule has 5 atom stereocenters. The van der Waals surface area contributed by atoms with Crippen molar-refractivity contribution in [2.24, 2.45) is 0 Å². The molecule has 0 saturated carbocycles. The van der Waals surface area contributed by atoms with Crippen LogP contribution in [0, 0.1) is 0 Å². The molecule has 0 aliphatic carbocycles. The van der Waals surface area contributed by atoms with E-state index in [1.54, 1.807) is 6.20 Å². The Morgan fingerprint density at radius 3 is 1.44 bits per heavy atom. The van der Waals surface area contributed by atoms with Crippen molar-refractivity contribution in [1.29, 1.82) is 0 Å². The average molecular weight is 1040 g/mol. The van der Waals surface area contributed by atoms with Crippen molar-refractivity contribution >= 4 is 31.4 Å². The van der Waals surface area contributed by atoms with E-state index in [1.807, 2.05) is 0 Å². The Morgan fingerprint density at radius 1 is 0.583 bits per heavy atom. The summed E-state index contributed by atoms with van der Waals surface area (Å²) in [5.41, 5.74) is 0.490. The van der Waals surface area contributed by atoms with Crippen LogP contribution in [0.15, 0.2) is 30.5 Å². The third-order valence-corrected chi connectivity index (χ3v) is 14.1. The predicted molar refractivity (Wildman–Crippen MR) is 282 cm³/mol. The topological polar surface area (TPSA) is 193 Å². The minimum atomic E-state index is -3.68. The van der Waals surface area contributed by atoms with Gasteiger partial charge in [0.2, 0.25) is 0 Å². The van der Waals surface area contributed by atoms with E-state index in [1.165, 1.54) is 154 Å². The number of ketones is 1. The van der Waals surface area contributed by atoms with Gasteiger partial charge in [-0.05, 0) is 71.1 Å². The predicted octanol–water partition coefficient (Wildman–Crippen LogP) is 13.1. The molecule has 0 radical (unpaired) electrons. The van der Waals surface area contributed by atoms with Gasteiger partial charge >= 0.3 is 25.7 Å². The van der Waals surface area contributed by atoms with Gasteiger partial charge in [0.1, 0.15) is 11.9 Å². The van der Waals surface area contributed by atoms with E-state index >= 15 is 0 Å². The number of hydrogen-bond donors (Lipinski definition) is 1. The number of hydrogen-bond acceptors (Lipinski definition) is 14. The van der Waals surface area contributed by atoms with Crippen LogP contribution in [-0.4, -0.2) is 89.2 Å². The largest absolute Gasteiger partial charge is 0.456 e. The lowest BCUT2D eigenvalue weighted by atomic mass is 9.95. The molecular weight excluding hydrogens is 940 g/mol. The maximum absolute atomic E-state index is 14.1. The van der Waals surface area contributed by atoms with Crippen molar-refractivity contribution in [2.45, 2.75) is 272 Å². The smallest absolute Gasteiger partial charge is 0.405 e. The number of carbonyl (C=O) groups is 4. The van der Waals surface area contributed by atoms with Crippen molar-refractivity contribution < 1.29 is 56.5 Å². The molecule has 1 saturated heterocycles. The highest BCUT2D eigenvalue weighted by atomic mass is 31.2. The van der Waals surface area contributed by atoms with Gasteiger partial charge in [-0.2, -0.15) is 0 Å². The summed E-state index contributed by atoms with van der Waals surface area (Å²) in [5, 5.41) is 11.4. The molecule has 17 heteroatoms. The molecular formula is C55H97N4O12P. The highest BCUT2D eigenvalue weighted by Gasteiger charge is 2.52. The first-order valence-electron chi connectivity index (χ1n) is 28.0. The Labute approximate surface area is 434 Å². The Morgan fingerprint density at radius 2 is 1.00 bits per heavy atom. The van der Waals surface area contributed by atoms with Crippen LogP contribution in [0.2, 0.25) is 0 Å². The lowest BCUT2D eigenvalue weighted by molar-refractivity contribution is -0.303. The van der Waals surface area contributed by atoms with Gasteiger partial charge < -0.3 is 23.7 Å². The molecule has 414 valence electrons. The zero-order chi connectivity index (χ0) is 52.5. The number of nitrogens with one attached hydrogen (secondary N) is 1. The van der Waals surface area contributed by atoms with Crippen LogP contribution < -0.4 is 5.09 Å². The van der Waals surface area contributed by atoms with Crippen LogP contribution in [-0.2, 0) is 69.6 Å². The van der Waals surface area contributed by atoms with E-state index in [2.05, 4.69) is 53.6 Å². The molecule has 72 heavy (non-hydrogen) atoms. The second kappa shape index (κ2) is 42.0. The number of Topliss-reactive ketones (excluding diaryl/α,β-unsaturated/α-hetero) is 1. The molecule has 0 bridgehead atoms. The molecule has 0 amide bonds. The van der Waals surface area contributed by atoms with E-state index < -0.39 is 56.4 Å². The molecule has 1 aliphatic rings. The minimum Gasteiger partial charge on any atom is -0.456 e. The fourth-order valence-corrected chi connectivity index (χ4v) is 9.95. The summed E-state index contributed by atoms with van der Waals surface area (Å²) in [7, 11) is -3.68. The van der Waals surface area contributed by atoms with Crippen LogP contribution in [0.25, 0.3) is 0 Å². The number of ether oxygens (including phenoxy) is 5. The lowest BCUT2D eigenvalue weighted by Crippen LogP contribution is -2.62. The summed E-state index contributed by atoms with van der Waals surface area (Å²) in [6.07, 6.45) is 38.2. The SMILES string of the molecule is CCCCCCCC/C=C/CCCCCCCCOP(=O)(NCc1cn(CCO[C@@H]2O[C@H](CC(C)=O)[C@H](OC(C)=O)[C@@H](OC(C)=O)[C@H]2OC(C)=O)nn1)OCCCCCCCC/C=C/CCCCCCCC. The van der Waals surface area contributed by atoms with Crippen molar-refractivity contribution in [1.82, 2.24) is 20.1 Å². The first kappa shape index (κ1) is 64.8. The molecule has 16 nitrogen and oxygen atoms in total. The number of rotatable bonds is 46. The summed E-state index contributed by atoms with van der Waals surface area (Å²) in [5.74, 6) is -2.42. The second-order valence-electron chi connectivity index (χ2n) is 19.4. The van der Waals surface area contributed by atoms with Gasteiger partial charge in [0, 0.05) is 33.4 Å². The zero-order valence-electron chi connectivity index (χ0n) is 45.5. The van der Waals surface area contributed by atoms with Crippen LogP contribution >= 0.6 is 7.75 Å². The minimum absolute atomic E-state index is 0.0338. The monoisotopic (exact) mass is 1040 g/mol. The van der Waals surface area contributed by atoms with Crippen LogP contribution in [0.3, 0.4) is 0 Å². The highest BCUT2D eigenvalue weighted by molar-refractivity contribution is 7.51.